The minimum absolute atomic E-state index is 0.00129. The Labute approximate surface area is 205 Å². The van der Waals surface area contributed by atoms with Gasteiger partial charge in [-0.2, -0.15) is 0 Å². The van der Waals surface area contributed by atoms with Crippen LogP contribution in [0.3, 0.4) is 0 Å². The molecule has 2 aromatic rings. The zero-order valence-corrected chi connectivity index (χ0v) is 19.9. The number of hydrogen-bond donors (Lipinski definition) is 3. The molecule has 1 fully saturated rings. The molecule has 2 amide bonds. The third kappa shape index (κ3) is 5.65. The number of hydrogen-bond acceptors (Lipinski definition) is 5. The van der Waals surface area contributed by atoms with Gasteiger partial charge < -0.3 is 25.2 Å². The van der Waals surface area contributed by atoms with Crippen LogP contribution in [-0.2, 0) is 19.1 Å². The SMILES string of the molecule is CC(CCC(=O)O)CNC(=O)C1(NC(=O)OCC2c3ccccc3-c3ccccc32)CCOCC1. The number of carbonyl (C=O) groups excluding carboxylic acids is 2. The van der Waals surface area contributed by atoms with Gasteiger partial charge in [-0.1, -0.05) is 55.5 Å². The second-order valence-electron chi connectivity index (χ2n) is 9.39. The van der Waals surface area contributed by atoms with Crippen molar-refractivity contribution >= 4 is 18.0 Å². The number of aliphatic carboxylic acids is 1. The average molecular weight is 481 g/mol. The van der Waals surface area contributed by atoms with Crippen LogP contribution in [-0.4, -0.2) is 55.0 Å². The van der Waals surface area contributed by atoms with Gasteiger partial charge in [0.25, 0.3) is 0 Å². The maximum Gasteiger partial charge on any atom is 0.408 e. The van der Waals surface area contributed by atoms with Crippen LogP contribution in [0.2, 0.25) is 0 Å². The van der Waals surface area contributed by atoms with Gasteiger partial charge in [0.05, 0.1) is 0 Å². The second-order valence-corrected chi connectivity index (χ2v) is 9.39. The predicted octanol–water partition coefficient (Wildman–Crippen LogP) is 3.69. The molecule has 0 aromatic heterocycles. The van der Waals surface area contributed by atoms with Crippen molar-refractivity contribution in [2.45, 2.75) is 44.1 Å². The zero-order valence-electron chi connectivity index (χ0n) is 19.9. The highest BCUT2D eigenvalue weighted by Crippen LogP contribution is 2.44. The van der Waals surface area contributed by atoms with Crippen molar-refractivity contribution in [2.24, 2.45) is 5.92 Å². The van der Waals surface area contributed by atoms with Crippen LogP contribution >= 0.6 is 0 Å². The molecule has 1 atom stereocenters. The molecular weight excluding hydrogens is 448 g/mol. The summed E-state index contributed by atoms with van der Waals surface area (Å²) in [6, 6.07) is 16.2. The number of rotatable bonds is 9. The molecule has 1 unspecified atom stereocenters. The molecule has 8 heteroatoms. The standard InChI is InChI=1S/C27H32N2O6/c1-18(10-11-24(30)31)16-28-25(32)27(12-14-34-15-13-27)29-26(33)35-17-23-21-8-4-2-6-19(21)20-7-3-5-9-22(20)23/h2-9,18,23H,10-17H2,1H3,(H,28,32)(H,29,33)(H,30,31). The van der Waals surface area contributed by atoms with Crippen molar-refractivity contribution < 1.29 is 29.0 Å². The van der Waals surface area contributed by atoms with Crippen molar-refractivity contribution in [1.29, 1.82) is 0 Å². The minimum atomic E-state index is -1.12. The molecule has 35 heavy (non-hydrogen) atoms. The third-order valence-electron chi connectivity index (χ3n) is 6.93. The van der Waals surface area contributed by atoms with Gasteiger partial charge in [-0.15, -0.1) is 0 Å². The van der Waals surface area contributed by atoms with Crippen molar-refractivity contribution in [3.63, 3.8) is 0 Å². The molecular formula is C27H32N2O6. The molecule has 1 aliphatic heterocycles. The van der Waals surface area contributed by atoms with E-state index in [9.17, 15) is 14.4 Å². The molecule has 3 N–H and O–H groups in total. The van der Waals surface area contributed by atoms with Crippen LogP contribution in [0, 0.1) is 5.92 Å². The van der Waals surface area contributed by atoms with Crippen LogP contribution < -0.4 is 10.6 Å². The summed E-state index contributed by atoms with van der Waals surface area (Å²) in [6.45, 7) is 3.09. The van der Waals surface area contributed by atoms with E-state index in [2.05, 4.69) is 34.9 Å². The molecule has 2 aromatic carbocycles. The van der Waals surface area contributed by atoms with E-state index in [-0.39, 0.29) is 30.8 Å². The number of fused-ring (bicyclic) bond motifs is 3. The first-order valence-corrected chi connectivity index (χ1v) is 12.1. The van der Waals surface area contributed by atoms with Crippen LogP contribution in [0.25, 0.3) is 11.1 Å². The van der Waals surface area contributed by atoms with E-state index < -0.39 is 17.6 Å². The van der Waals surface area contributed by atoms with E-state index in [0.29, 0.717) is 39.0 Å². The summed E-state index contributed by atoms with van der Waals surface area (Å²) in [7, 11) is 0. The first-order chi connectivity index (χ1) is 16.9. The fraction of sp³-hybridized carbons (Fsp3) is 0.444. The first-order valence-electron chi connectivity index (χ1n) is 12.1. The molecule has 0 radical (unpaired) electrons. The monoisotopic (exact) mass is 480 g/mol. The normalized spacial score (nSPS) is 17.1. The molecule has 8 nitrogen and oxygen atoms in total. The molecule has 1 saturated heterocycles. The van der Waals surface area contributed by atoms with E-state index in [1.165, 1.54) is 0 Å². The number of amides is 2. The number of carboxylic acid groups (broad SMARTS) is 1. The first kappa shape index (κ1) is 24.7. The van der Waals surface area contributed by atoms with E-state index in [1.807, 2.05) is 31.2 Å². The molecule has 0 saturated carbocycles. The summed E-state index contributed by atoms with van der Waals surface area (Å²) in [4.78, 5) is 36.8. The van der Waals surface area contributed by atoms with Crippen LogP contribution in [0.5, 0.6) is 0 Å². The Hall–Kier alpha value is -3.39. The molecule has 4 rings (SSSR count). The molecule has 186 valence electrons. The Balaban J connectivity index is 1.39. The summed E-state index contributed by atoms with van der Waals surface area (Å²) in [5.41, 5.74) is 3.42. The smallest absolute Gasteiger partial charge is 0.408 e. The molecule has 1 aliphatic carbocycles. The van der Waals surface area contributed by atoms with Crippen LogP contribution in [0.15, 0.2) is 48.5 Å². The van der Waals surface area contributed by atoms with E-state index in [0.717, 1.165) is 22.3 Å². The van der Waals surface area contributed by atoms with Gasteiger partial charge in [0.2, 0.25) is 5.91 Å². The second kappa shape index (κ2) is 10.9. The van der Waals surface area contributed by atoms with E-state index in [1.54, 1.807) is 0 Å². The molecule has 1 heterocycles. The topological polar surface area (TPSA) is 114 Å². The molecule has 0 bridgehead atoms. The Bertz CT molecular complexity index is 1030. The molecule has 2 aliphatic rings. The number of nitrogens with one attached hydrogen (secondary N) is 2. The number of carbonyl (C=O) groups is 3. The Kier molecular flexibility index (Phi) is 7.70. The van der Waals surface area contributed by atoms with Crippen molar-refractivity contribution in [2.75, 3.05) is 26.4 Å². The molecule has 0 spiro atoms. The summed E-state index contributed by atoms with van der Waals surface area (Å²) in [5, 5.41) is 14.6. The average Bonchev–Trinajstić information content (AvgIpc) is 3.19. The maximum absolute atomic E-state index is 13.1. The highest BCUT2D eigenvalue weighted by molar-refractivity contribution is 5.90. The van der Waals surface area contributed by atoms with Crippen LogP contribution in [0.1, 0.15) is 49.7 Å². The van der Waals surface area contributed by atoms with Crippen molar-refractivity contribution in [1.82, 2.24) is 10.6 Å². The Morgan fingerprint density at radius 1 is 1.06 bits per heavy atom. The predicted molar refractivity (Wildman–Crippen MR) is 130 cm³/mol. The Morgan fingerprint density at radius 3 is 2.26 bits per heavy atom. The summed E-state index contributed by atoms with van der Waals surface area (Å²) < 4.78 is 11.1. The highest BCUT2D eigenvalue weighted by Gasteiger charge is 2.42. The fourth-order valence-corrected chi connectivity index (χ4v) is 4.87. The van der Waals surface area contributed by atoms with Crippen LogP contribution in [0.4, 0.5) is 4.79 Å². The van der Waals surface area contributed by atoms with E-state index >= 15 is 0 Å². The summed E-state index contributed by atoms with van der Waals surface area (Å²) >= 11 is 0. The van der Waals surface area contributed by atoms with E-state index in [4.69, 9.17) is 14.6 Å². The Morgan fingerprint density at radius 2 is 1.66 bits per heavy atom. The van der Waals surface area contributed by atoms with Gasteiger partial charge in [0.15, 0.2) is 0 Å². The van der Waals surface area contributed by atoms with Gasteiger partial charge in [0, 0.05) is 44.9 Å². The van der Waals surface area contributed by atoms with Gasteiger partial charge in [-0.3, -0.25) is 9.59 Å². The lowest BCUT2D eigenvalue weighted by Crippen LogP contribution is -2.61. The van der Waals surface area contributed by atoms with Gasteiger partial charge in [-0.05, 0) is 34.6 Å². The minimum Gasteiger partial charge on any atom is -0.481 e. The number of carboxylic acids is 1. The fourth-order valence-electron chi connectivity index (χ4n) is 4.87. The number of alkyl carbamates (subject to hydrolysis) is 1. The summed E-state index contributed by atoms with van der Waals surface area (Å²) in [5.74, 6) is -1.22. The highest BCUT2D eigenvalue weighted by atomic mass is 16.5. The number of ether oxygens (including phenoxy) is 2. The van der Waals surface area contributed by atoms with Crippen molar-refractivity contribution in [3.05, 3.63) is 59.7 Å². The third-order valence-corrected chi connectivity index (χ3v) is 6.93. The lowest BCUT2D eigenvalue weighted by atomic mass is 9.88. The largest absolute Gasteiger partial charge is 0.481 e. The lowest BCUT2D eigenvalue weighted by molar-refractivity contribution is -0.137. The van der Waals surface area contributed by atoms with Gasteiger partial charge in [-0.25, -0.2) is 4.79 Å². The van der Waals surface area contributed by atoms with Gasteiger partial charge >= 0.3 is 12.1 Å². The zero-order chi connectivity index (χ0) is 24.8. The maximum atomic E-state index is 13.1. The van der Waals surface area contributed by atoms with Crippen molar-refractivity contribution in [3.8, 4) is 11.1 Å². The lowest BCUT2D eigenvalue weighted by Gasteiger charge is -2.36. The number of benzene rings is 2. The summed E-state index contributed by atoms with van der Waals surface area (Å²) in [6.07, 6.45) is 0.557. The quantitative estimate of drug-likeness (QED) is 0.504. The van der Waals surface area contributed by atoms with Gasteiger partial charge in [0.1, 0.15) is 12.1 Å².